The minimum absolute atomic E-state index is 0.494. The van der Waals surface area contributed by atoms with Crippen LogP contribution < -0.4 is 0 Å². The molecule has 1 rings (SSSR count). The lowest BCUT2D eigenvalue weighted by Gasteiger charge is -2.04. The number of hydrogen-bond acceptors (Lipinski definition) is 3. The van der Waals surface area contributed by atoms with Crippen LogP contribution >= 0.6 is 0 Å². The van der Waals surface area contributed by atoms with Gasteiger partial charge in [-0.05, 0) is 12.8 Å². The van der Waals surface area contributed by atoms with Gasteiger partial charge in [0.15, 0.2) is 5.69 Å². The average Bonchev–Trinajstić information content (AvgIpc) is 2.62. The van der Waals surface area contributed by atoms with Gasteiger partial charge in [0.2, 0.25) is 0 Å². The maximum Gasteiger partial charge on any atom is 0.185 e. The zero-order valence-electron chi connectivity index (χ0n) is 9.53. The summed E-state index contributed by atoms with van der Waals surface area (Å²) >= 11 is 0. The summed E-state index contributed by atoms with van der Waals surface area (Å²) in [6.45, 7) is 5.16. The summed E-state index contributed by atoms with van der Waals surface area (Å²) in [5.74, 6) is 0. The number of nitriles is 1. The molecule has 0 saturated heterocycles. The molecule has 0 aliphatic heterocycles. The molecule has 1 heterocycles. The molecule has 1 aromatic rings. The van der Waals surface area contributed by atoms with Crippen LogP contribution in [0.15, 0.2) is 0 Å². The van der Waals surface area contributed by atoms with Crippen molar-refractivity contribution in [2.24, 2.45) is 0 Å². The molecule has 0 N–H and O–H groups in total. The third-order valence-electron chi connectivity index (χ3n) is 2.40. The van der Waals surface area contributed by atoms with Gasteiger partial charge in [-0.2, -0.15) is 5.26 Å². The summed E-state index contributed by atoms with van der Waals surface area (Å²) in [6, 6.07) is 2.10. The van der Waals surface area contributed by atoms with Crippen molar-refractivity contribution in [3.63, 3.8) is 0 Å². The minimum atomic E-state index is 0.494. The van der Waals surface area contributed by atoms with Gasteiger partial charge in [-0.3, -0.25) is 0 Å². The van der Waals surface area contributed by atoms with E-state index >= 15 is 0 Å². The molecule has 0 fully saturated rings. The lowest BCUT2D eigenvalue weighted by atomic mass is 10.2. The largest absolute Gasteiger partial charge is 0.248 e. The second kappa shape index (κ2) is 6.18. The molecule has 0 saturated carbocycles. The Morgan fingerprint density at radius 2 is 2.07 bits per heavy atom. The second-order valence-corrected chi connectivity index (χ2v) is 3.68. The van der Waals surface area contributed by atoms with Gasteiger partial charge in [-0.15, -0.1) is 5.10 Å². The fraction of sp³-hybridized carbons (Fsp3) is 0.727. The first-order valence-corrected chi connectivity index (χ1v) is 5.65. The Hall–Kier alpha value is -1.37. The number of unbranched alkanes of at least 4 members (excludes halogenated alkanes) is 2. The number of rotatable bonds is 6. The Labute approximate surface area is 90.9 Å². The zero-order valence-corrected chi connectivity index (χ0v) is 9.53. The number of hydrogen-bond donors (Lipinski definition) is 0. The topological polar surface area (TPSA) is 54.5 Å². The van der Waals surface area contributed by atoms with Crippen molar-refractivity contribution in [1.82, 2.24) is 15.0 Å². The lowest BCUT2D eigenvalue weighted by molar-refractivity contribution is 0.518. The Balaban J connectivity index is 2.70. The smallest absolute Gasteiger partial charge is 0.185 e. The monoisotopic (exact) mass is 206 g/mol. The van der Waals surface area contributed by atoms with Crippen LogP contribution in [0.2, 0.25) is 0 Å². The van der Waals surface area contributed by atoms with Gasteiger partial charge in [-0.25, -0.2) is 4.68 Å². The van der Waals surface area contributed by atoms with Crippen LogP contribution in [0.1, 0.15) is 50.9 Å². The quantitative estimate of drug-likeness (QED) is 0.671. The van der Waals surface area contributed by atoms with Crippen molar-refractivity contribution in [2.75, 3.05) is 0 Å². The first-order valence-electron chi connectivity index (χ1n) is 5.65. The van der Waals surface area contributed by atoms with Crippen molar-refractivity contribution >= 4 is 0 Å². The molecule has 0 amide bonds. The van der Waals surface area contributed by atoms with Crippen molar-refractivity contribution in [2.45, 2.75) is 52.5 Å². The Kier molecular flexibility index (Phi) is 4.82. The maximum absolute atomic E-state index is 8.86. The van der Waals surface area contributed by atoms with Crippen molar-refractivity contribution in [3.8, 4) is 6.07 Å². The molecule has 0 atom stereocenters. The van der Waals surface area contributed by atoms with Gasteiger partial charge in [0.25, 0.3) is 0 Å². The van der Waals surface area contributed by atoms with Gasteiger partial charge < -0.3 is 0 Å². The molecular formula is C11H18N4. The summed E-state index contributed by atoms with van der Waals surface area (Å²) in [7, 11) is 0. The fourth-order valence-electron chi connectivity index (χ4n) is 1.60. The fourth-order valence-corrected chi connectivity index (χ4v) is 1.60. The zero-order chi connectivity index (χ0) is 11.1. The molecule has 4 heteroatoms. The van der Waals surface area contributed by atoms with Crippen LogP contribution in [0.4, 0.5) is 0 Å². The van der Waals surface area contributed by atoms with Crippen molar-refractivity contribution in [1.29, 1.82) is 5.26 Å². The Morgan fingerprint density at radius 1 is 1.27 bits per heavy atom. The van der Waals surface area contributed by atoms with E-state index in [0.717, 1.165) is 31.5 Å². The molecular weight excluding hydrogens is 188 g/mol. The van der Waals surface area contributed by atoms with E-state index in [4.69, 9.17) is 5.26 Å². The molecule has 0 aliphatic rings. The Bertz CT molecular complexity index is 335. The molecule has 0 spiro atoms. The third-order valence-corrected chi connectivity index (χ3v) is 2.40. The van der Waals surface area contributed by atoms with E-state index in [1.807, 2.05) is 4.68 Å². The standard InChI is InChI=1S/C11H18N4/c1-3-5-6-8-15-11(7-4-2)10(9-12)13-14-15/h3-8H2,1-2H3. The van der Waals surface area contributed by atoms with Gasteiger partial charge in [0.05, 0.1) is 5.69 Å². The summed E-state index contributed by atoms with van der Waals surface area (Å²) < 4.78 is 1.89. The molecule has 15 heavy (non-hydrogen) atoms. The molecule has 82 valence electrons. The van der Waals surface area contributed by atoms with E-state index in [-0.39, 0.29) is 0 Å². The SMILES string of the molecule is CCCCCn1nnc(C#N)c1CCC. The molecule has 0 aliphatic carbocycles. The number of aryl methyl sites for hydroxylation is 1. The summed E-state index contributed by atoms with van der Waals surface area (Å²) in [5, 5.41) is 16.8. The molecule has 0 bridgehead atoms. The predicted molar refractivity (Wildman–Crippen MR) is 58.3 cm³/mol. The molecule has 0 aromatic carbocycles. The highest BCUT2D eigenvalue weighted by atomic mass is 15.4. The third kappa shape index (κ3) is 3.05. The average molecular weight is 206 g/mol. The van der Waals surface area contributed by atoms with Crippen LogP contribution in [-0.4, -0.2) is 15.0 Å². The summed E-state index contributed by atoms with van der Waals surface area (Å²) in [5.41, 5.74) is 1.49. The van der Waals surface area contributed by atoms with Gasteiger partial charge in [0.1, 0.15) is 6.07 Å². The van der Waals surface area contributed by atoms with Gasteiger partial charge in [0, 0.05) is 6.54 Å². The van der Waals surface area contributed by atoms with Crippen LogP contribution in [0, 0.1) is 11.3 Å². The second-order valence-electron chi connectivity index (χ2n) is 3.68. The summed E-state index contributed by atoms with van der Waals surface area (Å²) in [4.78, 5) is 0. The normalized spacial score (nSPS) is 10.2. The molecule has 0 unspecified atom stereocenters. The van der Waals surface area contributed by atoms with E-state index in [2.05, 4.69) is 30.2 Å². The van der Waals surface area contributed by atoms with Crippen molar-refractivity contribution < 1.29 is 0 Å². The highest BCUT2D eigenvalue weighted by Gasteiger charge is 2.10. The number of nitrogens with zero attached hydrogens (tertiary/aromatic N) is 4. The van der Waals surface area contributed by atoms with E-state index in [9.17, 15) is 0 Å². The van der Waals surface area contributed by atoms with E-state index < -0.39 is 0 Å². The van der Waals surface area contributed by atoms with Gasteiger partial charge in [-0.1, -0.05) is 38.3 Å². The minimum Gasteiger partial charge on any atom is -0.248 e. The van der Waals surface area contributed by atoms with Crippen LogP contribution in [0.3, 0.4) is 0 Å². The molecule has 0 radical (unpaired) electrons. The first-order chi connectivity index (χ1) is 7.33. The van der Waals surface area contributed by atoms with Crippen LogP contribution in [-0.2, 0) is 13.0 Å². The maximum atomic E-state index is 8.86. The van der Waals surface area contributed by atoms with Crippen LogP contribution in [0.5, 0.6) is 0 Å². The molecule has 4 nitrogen and oxygen atoms in total. The van der Waals surface area contributed by atoms with Gasteiger partial charge >= 0.3 is 0 Å². The van der Waals surface area contributed by atoms with Crippen LogP contribution in [0.25, 0.3) is 0 Å². The van der Waals surface area contributed by atoms with E-state index in [0.29, 0.717) is 5.69 Å². The van der Waals surface area contributed by atoms with Crippen molar-refractivity contribution in [3.05, 3.63) is 11.4 Å². The lowest BCUT2D eigenvalue weighted by Crippen LogP contribution is -2.05. The number of aromatic nitrogens is 3. The summed E-state index contributed by atoms with van der Waals surface area (Å²) in [6.07, 6.45) is 5.43. The van der Waals surface area contributed by atoms with E-state index in [1.54, 1.807) is 0 Å². The first kappa shape index (κ1) is 11.7. The molecule has 1 aromatic heterocycles. The highest BCUT2D eigenvalue weighted by molar-refractivity contribution is 5.24. The Morgan fingerprint density at radius 3 is 2.67 bits per heavy atom. The predicted octanol–water partition coefficient (Wildman–Crippen LogP) is 2.29. The highest BCUT2D eigenvalue weighted by Crippen LogP contribution is 2.09. The van der Waals surface area contributed by atoms with E-state index in [1.165, 1.54) is 12.8 Å².